The molecule has 5 nitrogen and oxygen atoms in total. The number of carbonyl (C=O) groups excluding carboxylic acids is 1. The van der Waals surface area contributed by atoms with Crippen LogP contribution in [0, 0.1) is 0 Å². The fourth-order valence-corrected chi connectivity index (χ4v) is 3.46. The van der Waals surface area contributed by atoms with Gasteiger partial charge in [0.25, 0.3) is 0 Å². The van der Waals surface area contributed by atoms with E-state index in [9.17, 15) is 4.79 Å². The Kier molecular flexibility index (Phi) is 6.36. The topological polar surface area (TPSA) is 48.0 Å². The van der Waals surface area contributed by atoms with Crippen molar-refractivity contribution in [1.29, 1.82) is 0 Å². The van der Waals surface area contributed by atoms with Crippen LogP contribution in [0.25, 0.3) is 0 Å². The molecule has 0 saturated carbocycles. The van der Waals surface area contributed by atoms with E-state index in [1.807, 2.05) is 42.5 Å². The van der Waals surface area contributed by atoms with E-state index in [1.165, 1.54) is 0 Å². The van der Waals surface area contributed by atoms with Crippen molar-refractivity contribution in [3.8, 4) is 5.75 Å². The molecular weight excluding hydrogens is 385 g/mol. The van der Waals surface area contributed by atoms with Crippen LogP contribution < -0.4 is 4.74 Å². The Morgan fingerprint density at radius 1 is 1.13 bits per heavy atom. The molecule has 0 spiro atoms. The fraction of sp³-hybridized carbons (Fsp3) is 0.458. The molecule has 30 heavy (non-hydrogen) atoms. The number of hydrogen-bond acceptors (Lipinski definition) is 4. The maximum absolute atomic E-state index is 16.6. The third-order valence-corrected chi connectivity index (χ3v) is 4.62. The summed E-state index contributed by atoms with van der Waals surface area (Å²) in [6, 6.07) is 15.0. The average molecular weight is 416 g/mol. The van der Waals surface area contributed by atoms with E-state index in [0.717, 1.165) is 16.0 Å². The molecule has 2 aromatic carbocycles. The second-order valence-corrected chi connectivity index (χ2v) is 8.67. The molecule has 1 heterocycles. The number of amides is 1. The molecule has 0 saturated heterocycles. The van der Waals surface area contributed by atoms with Crippen LogP contribution in [0.4, 0.5) is 9.18 Å². The van der Waals surface area contributed by atoms with Crippen LogP contribution in [0.5, 0.6) is 5.75 Å². The summed E-state index contributed by atoms with van der Waals surface area (Å²) in [5.41, 5.74) is 1.19. The zero-order valence-corrected chi connectivity index (χ0v) is 18.3. The lowest BCUT2D eigenvalue weighted by molar-refractivity contribution is -0.265. The standard InChI is InChI=1S/C24H30FNO4/c1-17(2)29-24(25)21-19(14-15-26(24)22(27)30-23(3,4)5)12-9-13-20(21)28-16-18-10-7-6-8-11-18/h6-13,17H,14-16H2,1-5H3. The van der Waals surface area contributed by atoms with Crippen molar-refractivity contribution >= 4 is 6.09 Å². The van der Waals surface area contributed by atoms with Gasteiger partial charge in [-0.3, -0.25) is 0 Å². The summed E-state index contributed by atoms with van der Waals surface area (Å²) in [5.74, 6) is -2.13. The Labute approximate surface area is 177 Å². The van der Waals surface area contributed by atoms with Crippen molar-refractivity contribution in [2.24, 2.45) is 0 Å². The molecule has 0 aliphatic carbocycles. The molecule has 3 rings (SSSR count). The summed E-state index contributed by atoms with van der Waals surface area (Å²) in [7, 11) is 0. The van der Waals surface area contributed by atoms with Gasteiger partial charge in [0, 0.05) is 6.54 Å². The SMILES string of the molecule is CC(C)OC1(F)c2c(cccc2OCc2ccccc2)CCN1C(=O)OC(C)(C)C. The van der Waals surface area contributed by atoms with Gasteiger partial charge in [-0.25, -0.2) is 9.69 Å². The van der Waals surface area contributed by atoms with Crippen LogP contribution in [0.1, 0.15) is 51.3 Å². The first-order valence-corrected chi connectivity index (χ1v) is 10.3. The van der Waals surface area contributed by atoms with Crippen LogP contribution in [-0.2, 0) is 28.5 Å². The summed E-state index contributed by atoms with van der Waals surface area (Å²) >= 11 is 0. The number of ether oxygens (including phenoxy) is 3. The molecule has 0 radical (unpaired) electrons. The van der Waals surface area contributed by atoms with Crippen LogP contribution >= 0.6 is 0 Å². The third kappa shape index (κ3) is 4.93. The van der Waals surface area contributed by atoms with Gasteiger partial charge in [0.15, 0.2) is 0 Å². The number of halogens is 1. The highest BCUT2D eigenvalue weighted by molar-refractivity contribution is 5.70. The molecule has 2 aromatic rings. The van der Waals surface area contributed by atoms with Gasteiger partial charge in [-0.2, -0.15) is 4.39 Å². The van der Waals surface area contributed by atoms with Crippen molar-refractivity contribution in [1.82, 2.24) is 4.90 Å². The molecule has 1 aliphatic heterocycles. The molecule has 0 N–H and O–H groups in total. The minimum Gasteiger partial charge on any atom is -0.488 e. The lowest BCUT2D eigenvalue weighted by atomic mass is 9.95. The predicted molar refractivity (Wildman–Crippen MR) is 113 cm³/mol. The van der Waals surface area contributed by atoms with Gasteiger partial charge in [-0.05, 0) is 58.2 Å². The zero-order valence-electron chi connectivity index (χ0n) is 18.3. The van der Waals surface area contributed by atoms with Gasteiger partial charge in [-0.1, -0.05) is 42.5 Å². The smallest absolute Gasteiger partial charge is 0.414 e. The summed E-state index contributed by atoms with van der Waals surface area (Å²) < 4.78 is 33.8. The highest BCUT2D eigenvalue weighted by Gasteiger charge is 2.51. The van der Waals surface area contributed by atoms with Crippen LogP contribution in [0.2, 0.25) is 0 Å². The van der Waals surface area contributed by atoms with E-state index in [-0.39, 0.29) is 18.7 Å². The summed E-state index contributed by atoms with van der Waals surface area (Å²) in [5, 5.41) is 0. The van der Waals surface area contributed by atoms with Crippen molar-refractivity contribution in [3.63, 3.8) is 0 Å². The van der Waals surface area contributed by atoms with Crippen LogP contribution in [0.15, 0.2) is 48.5 Å². The van der Waals surface area contributed by atoms with Crippen LogP contribution in [-0.4, -0.2) is 29.2 Å². The van der Waals surface area contributed by atoms with E-state index in [1.54, 1.807) is 40.7 Å². The van der Waals surface area contributed by atoms with Crippen molar-refractivity contribution in [3.05, 3.63) is 65.2 Å². The fourth-order valence-electron chi connectivity index (χ4n) is 3.46. The average Bonchev–Trinajstić information content (AvgIpc) is 2.65. The highest BCUT2D eigenvalue weighted by atomic mass is 19.2. The molecule has 1 atom stereocenters. The van der Waals surface area contributed by atoms with Gasteiger partial charge < -0.3 is 14.2 Å². The molecule has 1 unspecified atom stereocenters. The molecule has 1 aliphatic rings. The Balaban J connectivity index is 1.99. The van der Waals surface area contributed by atoms with E-state index in [4.69, 9.17) is 14.2 Å². The van der Waals surface area contributed by atoms with Gasteiger partial charge in [0.2, 0.25) is 0 Å². The van der Waals surface area contributed by atoms with Gasteiger partial charge >= 0.3 is 12.1 Å². The Bertz CT molecular complexity index is 879. The number of benzene rings is 2. The Morgan fingerprint density at radius 3 is 2.47 bits per heavy atom. The van der Waals surface area contributed by atoms with Gasteiger partial charge in [0.05, 0.1) is 11.7 Å². The monoisotopic (exact) mass is 415 g/mol. The lowest BCUT2D eigenvalue weighted by Gasteiger charge is -2.43. The van der Waals surface area contributed by atoms with E-state index in [0.29, 0.717) is 12.2 Å². The maximum atomic E-state index is 16.6. The molecule has 0 bridgehead atoms. The summed E-state index contributed by atoms with van der Waals surface area (Å²) in [4.78, 5) is 13.9. The summed E-state index contributed by atoms with van der Waals surface area (Å²) in [6.07, 6.45) is -0.744. The number of fused-ring (bicyclic) bond motifs is 1. The zero-order chi connectivity index (χ0) is 21.9. The third-order valence-electron chi connectivity index (χ3n) is 4.62. The summed E-state index contributed by atoms with van der Waals surface area (Å²) in [6.45, 7) is 9.14. The Morgan fingerprint density at radius 2 is 1.83 bits per heavy atom. The number of rotatable bonds is 5. The normalized spacial score (nSPS) is 18.8. The van der Waals surface area contributed by atoms with E-state index >= 15 is 4.39 Å². The molecule has 6 heteroatoms. The maximum Gasteiger partial charge on any atom is 0.414 e. The first-order valence-electron chi connectivity index (χ1n) is 10.3. The van der Waals surface area contributed by atoms with Gasteiger partial charge in [0.1, 0.15) is 18.0 Å². The first kappa shape index (κ1) is 22.1. The molecule has 1 amide bonds. The first-order chi connectivity index (χ1) is 14.1. The van der Waals surface area contributed by atoms with Crippen molar-refractivity contribution < 1.29 is 23.4 Å². The lowest BCUT2D eigenvalue weighted by Crippen LogP contribution is -2.54. The molecular formula is C24H30FNO4. The quantitative estimate of drug-likeness (QED) is 0.600. The van der Waals surface area contributed by atoms with Crippen LogP contribution in [0.3, 0.4) is 0 Å². The Hall–Kier alpha value is -2.60. The minimum absolute atomic E-state index is 0.146. The molecule has 162 valence electrons. The second-order valence-electron chi connectivity index (χ2n) is 8.67. The number of hydrogen-bond donors (Lipinski definition) is 0. The minimum atomic E-state index is -2.49. The number of nitrogens with zero attached hydrogens (tertiary/aromatic N) is 1. The second kappa shape index (κ2) is 8.64. The van der Waals surface area contributed by atoms with Crippen molar-refractivity contribution in [2.45, 2.75) is 65.3 Å². The number of alkyl halides is 1. The number of carbonyl (C=O) groups is 1. The highest BCUT2D eigenvalue weighted by Crippen LogP contribution is 2.44. The van der Waals surface area contributed by atoms with Gasteiger partial charge in [-0.15, -0.1) is 0 Å². The molecule has 0 aromatic heterocycles. The largest absolute Gasteiger partial charge is 0.488 e. The molecule has 0 fully saturated rings. The van der Waals surface area contributed by atoms with Crippen molar-refractivity contribution in [2.75, 3.05) is 6.54 Å². The van der Waals surface area contributed by atoms with E-state index in [2.05, 4.69) is 0 Å². The van der Waals surface area contributed by atoms with E-state index < -0.39 is 23.8 Å². The predicted octanol–water partition coefficient (Wildman–Crippen LogP) is 5.56.